The van der Waals surface area contributed by atoms with Crippen LogP contribution in [0.4, 0.5) is 0 Å². The van der Waals surface area contributed by atoms with E-state index in [1.807, 2.05) is 6.88 Å². The van der Waals surface area contributed by atoms with Crippen molar-refractivity contribution in [3.05, 3.63) is 61.4 Å². The van der Waals surface area contributed by atoms with Gasteiger partial charge in [-0.05, 0) is 0 Å². The van der Waals surface area contributed by atoms with Crippen molar-refractivity contribution < 1.29 is 23.3 Å². The van der Waals surface area contributed by atoms with Crippen molar-refractivity contribution >= 4 is 31.7 Å². The van der Waals surface area contributed by atoms with Crippen LogP contribution in [0.2, 0.25) is 0 Å². The summed E-state index contributed by atoms with van der Waals surface area (Å²) in [5.74, 6) is 0. The first kappa shape index (κ1) is 35.7. The van der Waals surface area contributed by atoms with Gasteiger partial charge in [-0.3, -0.25) is 12.2 Å². The third kappa shape index (κ3) is 17.5. The molecule has 2 aliphatic rings. The molecule has 0 aromatic carbocycles. The Labute approximate surface area is 181 Å². The van der Waals surface area contributed by atoms with Gasteiger partial charge < -0.3 is 14.9 Å². The molecule has 2 rings (SSSR count). The first-order valence-electron chi connectivity index (χ1n) is 7.54. The first-order valence-corrected chi connectivity index (χ1v) is 13.5. The zero-order valence-corrected chi connectivity index (χ0v) is 21.9. The van der Waals surface area contributed by atoms with Gasteiger partial charge in [0.1, 0.15) is 0 Å². The molecule has 4 heteroatoms. The van der Waals surface area contributed by atoms with Crippen molar-refractivity contribution in [2.24, 2.45) is 0 Å². The molecule has 0 spiro atoms. The Morgan fingerprint density at radius 2 is 1.12 bits per heavy atom. The molecule has 0 bridgehead atoms. The molecule has 0 radical (unpaired) electrons. The third-order valence-electron chi connectivity index (χ3n) is 3.07. The van der Waals surface area contributed by atoms with Crippen molar-refractivity contribution in [3.8, 4) is 0 Å². The fraction of sp³-hybridized carbons (Fsp3) is 0.500. The van der Waals surface area contributed by atoms with Crippen LogP contribution in [0.15, 0.2) is 34.4 Å². The van der Waals surface area contributed by atoms with Gasteiger partial charge in [-0.15, -0.1) is 37.7 Å². The summed E-state index contributed by atoms with van der Waals surface area (Å²) in [7, 11) is 0. The van der Waals surface area contributed by atoms with Crippen LogP contribution in [0.1, 0.15) is 66.2 Å². The van der Waals surface area contributed by atoms with Crippen molar-refractivity contribution in [1.29, 1.82) is 0 Å². The molecule has 0 aromatic heterocycles. The van der Waals surface area contributed by atoms with E-state index in [0.717, 1.165) is 12.8 Å². The van der Waals surface area contributed by atoms with E-state index in [9.17, 15) is 0 Å². The Morgan fingerprint density at radius 3 is 1.29 bits per heavy atom. The van der Waals surface area contributed by atoms with Crippen LogP contribution in [-0.2, 0) is 23.3 Å². The van der Waals surface area contributed by atoms with E-state index in [1.165, 1.54) is 48.0 Å². The van der Waals surface area contributed by atoms with Gasteiger partial charge >= 0.3 is 30.2 Å². The minimum absolute atomic E-state index is 0. The average Bonchev–Trinajstić information content (AvgIpc) is 3.03. The van der Waals surface area contributed by atoms with Gasteiger partial charge in [-0.25, -0.2) is 23.3 Å². The summed E-state index contributed by atoms with van der Waals surface area (Å²) in [5, 5.41) is 0. The molecule has 0 N–H and O–H groups in total. The Morgan fingerprint density at radius 1 is 0.833 bits per heavy atom. The van der Waals surface area contributed by atoms with Crippen LogP contribution < -0.4 is 0 Å². The summed E-state index contributed by atoms with van der Waals surface area (Å²) in [6.45, 7) is 10.7. The van der Waals surface area contributed by atoms with Gasteiger partial charge in [0.25, 0.3) is 0 Å². The topological polar surface area (TPSA) is 0 Å². The summed E-state index contributed by atoms with van der Waals surface area (Å²) in [6, 6.07) is 0. The molecule has 0 aromatic rings. The molecule has 0 saturated carbocycles. The van der Waals surface area contributed by atoms with E-state index < -0.39 is 0 Å². The third-order valence-corrected chi connectivity index (χ3v) is 3.07. The molecular weight excluding hydrogens is 430 g/mol. The van der Waals surface area contributed by atoms with Crippen LogP contribution in [0.5, 0.6) is 0 Å². The van der Waals surface area contributed by atoms with Crippen molar-refractivity contribution in [2.45, 2.75) is 66.2 Å². The predicted octanol–water partition coefficient (Wildman–Crippen LogP) is 6.56. The van der Waals surface area contributed by atoms with Gasteiger partial charge in [-0.1, -0.05) is 53.4 Å². The first-order chi connectivity index (χ1) is 9.65. The maximum atomic E-state index is 3.33. The van der Waals surface area contributed by atoms with Gasteiger partial charge in [0.05, 0.1) is 0 Å². The molecule has 24 heavy (non-hydrogen) atoms. The number of hydrogen-bond donors (Lipinski definition) is 0. The van der Waals surface area contributed by atoms with Crippen LogP contribution in [0.3, 0.4) is 0 Å². The predicted molar refractivity (Wildman–Crippen MR) is 116 cm³/mol. The molecule has 0 amide bonds. The summed E-state index contributed by atoms with van der Waals surface area (Å²) < 4.78 is 0. The van der Waals surface area contributed by atoms with E-state index >= 15 is 0 Å². The van der Waals surface area contributed by atoms with Gasteiger partial charge in [0.2, 0.25) is 0 Å². The van der Waals surface area contributed by atoms with Crippen molar-refractivity contribution in [1.82, 2.24) is 0 Å². The van der Waals surface area contributed by atoms with Gasteiger partial charge in [0, 0.05) is 0 Å². The van der Waals surface area contributed by atoms with Gasteiger partial charge in [-0.2, -0.15) is 11.1 Å². The molecule has 0 unspecified atom stereocenters. The van der Waals surface area contributed by atoms with Crippen LogP contribution in [-0.4, -0.2) is 6.88 Å². The molecule has 0 atom stereocenters. The standard InChI is InChI=1S/2C9H13.2CH3.2ClH.H2Si.Zr/c2*1-3-4-9-6-5-8(2)7-9;;;;;;/h2*7H,3-5H2,1-2H3;2*1H3;2*1H;1H2;/q4*-1;;;;. The molecule has 0 aliphatic heterocycles. The van der Waals surface area contributed by atoms with E-state index in [-0.39, 0.29) is 39.7 Å². The summed E-state index contributed by atoms with van der Waals surface area (Å²) in [4.78, 5) is 0. The van der Waals surface area contributed by atoms with Crippen LogP contribution >= 0.6 is 24.8 Å². The van der Waals surface area contributed by atoms with E-state index in [1.54, 1.807) is 23.3 Å². The molecule has 0 fully saturated rings. The Kier molecular flexibility index (Phi) is 35.2. The fourth-order valence-corrected chi connectivity index (χ4v) is 2.16. The van der Waals surface area contributed by atoms with E-state index in [2.05, 4.69) is 52.0 Å². The van der Waals surface area contributed by atoms with E-state index in [4.69, 9.17) is 0 Å². The quantitative estimate of drug-likeness (QED) is 0.325. The normalized spacial score (nSPS) is 13.3. The minimum atomic E-state index is 0. The molecule has 0 saturated heterocycles. The average molecular weight is 467 g/mol. The molecule has 0 heterocycles. The summed E-state index contributed by atoms with van der Waals surface area (Å²) in [6.07, 6.45) is 18.2. The second-order valence-electron chi connectivity index (χ2n) is 5.24. The zero-order valence-electron chi connectivity index (χ0n) is 16.4. The summed E-state index contributed by atoms with van der Waals surface area (Å²) in [5.41, 5.74) is 5.74. The fourth-order valence-electron chi connectivity index (χ4n) is 2.16. The van der Waals surface area contributed by atoms with Crippen LogP contribution in [0, 0.1) is 27.0 Å². The monoisotopic (exact) mass is 464 g/mol. The summed E-state index contributed by atoms with van der Waals surface area (Å²) >= 11 is 1.58. The molecular formula is C20H36Cl2SiZr-4. The van der Waals surface area contributed by atoms with Crippen molar-refractivity contribution in [3.63, 3.8) is 0 Å². The molecule has 142 valence electrons. The number of hydrogen-bond acceptors (Lipinski definition) is 0. The van der Waals surface area contributed by atoms with Gasteiger partial charge in [0.15, 0.2) is 0 Å². The number of allylic oxidation sites excluding steroid dienone is 8. The Bertz CT molecular complexity index is 372. The maximum absolute atomic E-state index is 3.33. The Balaban J connectivity index is -0.0000000789. The second-order valence-corrected chi connectivity index (χ2v) is 5.24. The molecule has 0 nitrogen and oxygen atoms in total. The van der Waals surface area contributed by atoms with Crippen molar-refractivity contribution in [2.75, 3.05) is 0 Å². The zero-order chi connectivity index (χ0) is 15.4. The SMILES string of the molecule is CCCC1=[C-]CC(C)=C1.CCCC1=[C-]CC(C)=C1.Cl.Cl.[CH3-].[CH3-].[SiH2]=[Zr]. The Hall–Kier alpha value is 0.640. The molecule has 2 aliphatic carbocycles. The van der Waals surface area contributed by atoms with Crippen LogP contribution in [0.25, 0.3) is 0 Å². The second kappa shape index (κ2) is 23.6. The number of rotatable bonds is 4. The number of halogens is 2. The van der Waals surface area contributed by atoms with E-state index in [0.29, 0.717) is 0 Å².